The molecule has 2 amide bonds. The maximum absolute atomic E-state index is 12.2. The van der Waals surface area contributed by atoms with Crippen LogP contribution in [0, 0.1) is 5.92 Å². The highest BCUT2D eigenvalue weighted by Crippen LogP contribution is 2.34. The van der Waals surface area contributed by atoms with Crippen LogP contribution >= 0.6 is 0 Å². The van der Waals surface area contributed by atoms with E-state index in [2.05, 4.69) is 0 Å². The van der Waals surface area contributed by atoms with E-state index in [0.29, 0.717) is 17.4 Å². The molecule has 0 bridgehead atoms. The maximum Gasteiger partial charge on any atom is 0.248 e. The van der Waals surface area contributed by atoms with Crippen LogP contribution in [0.3, 0.4) is 0 Å². The summed E-state index contributed by atoms with van der Waals surface area (Å²) < 4.78 is 0. The van der Waals surface area contributed by atoms with Crippen LogP contribution in [0.15, 0.2) is 24.3 Å². The predicted molar refractivity (Wildman–Crippen MR) is 76.2 cm³/mol. The van der Waals surface area contributed by atoms with Gasteiger partial charge >= 0.3 is 0 Å². The second-order valence-electron chi connectivity index (χ2n) is 5.89. The number of nitrogens with zero attached hydrogens (tertiary/aromatic N) is 1. The number of primary amides is 1. The molecule has 1 atom stereocenters. The van der Waals surface area contributed by atoms with Gasteiger partial charge in [0.25, 0.3) is 0 Å². The van der Waals surface area contributed by atoms with Gasteiger partial charge in [0.1, 0.15) is 0 Å². The van der Waals surface area contributed by atoms with E-state index >= 15 is 0 Å². The lowest BCUT2D eigenvalue weighted by Gasteiger charge is -2.33. The summed E-state index contributed by atoms with van der Waals surface area (Å²) in [6.07, 6.45) is 4.20. The molecule has 0 unspecified atom stereocenters. The highest BCUT2D eigenvalue weighted by atomic mass is 16.2. The Morgan fingerprint density at radius 1 is 1.20 bits per heavy atom. The summed E-state index contributed by atoms with van der Waals surface area (Å²) in [6.45, 7) is 1.65. The molecule has 1 saturated carbocycles. The van der Waals surface area contributed by atoms with Crippen LogP contribution in [-0.4, -0.2) is 29.8 Å². The molecule has 1 aromatic rings. The van der Waals surface area contributed by atoms with Crippen molar-refractivity contribution in [3.63, 3.8) is 0 Å². The first-order valence-corrected chi connectivity index (χ1v) is 7.33. The minimum absolute atomic E-state index is 0.283. The van der Waals surface area contributed by atoms with Crippen LogP contribution in [0.25, 0.3) is 0 Å². The number of hydrogen-bond donors (Lipinski definition) is 1. The average molecular weight is 272 g/mol. The van der Waals surface area contributed by atoms with Gasteiger partial charge < -0.3 is 10.6 Å². The van der Waals surface area contributed by atoms with E-state index in [1.54, 1.807) is 6.07 Å². The number of nitrogens with two attached hydrogens (primary N) is 1. The SMILES string of the molecule is NC(=O)c1cccc([C@@H]2CCCN(C(=O)C3CC3)C2)c1. The Morgan fingerprint density at radius 3 is 2.70 bits per heavy atom. The van der Waals surface area contributed by atoms with Crippen LogP contribution in [0.5, 0.6) is 0 Å². The minimum atomic E-state index is -0.395. The van der Waals surface area contributed by atoms with Gasteiger partial charge in [0.05, 0.1) is 0 Å². The molecular weight excluding hydrogens is 252 g/mol. The molecule has 0 aromatic heterocycles. The fourth-order valence-electron chi connectivity index (χ4n) is 2.98. The van der Waals surface area contributed by atoms with E-state index in [-0.39, 0.29) is 5.92 Å². The van der Waals surface area contributed by atoms with Crippen LogP contribution in [0.1, 0.15) is 47.5 Å². The summed E-state index contributed by atoms with van der Waals surface area (Å²) >= 11 is 0. The molecule has 1 aliphatic carbocycles. The number of amides is 2. The molecule has 0 radical (unpaired) electrons. The van der Waals surface area contributed by atoms with E-state index < -0.39 is 5.91 Å². The maximum atomic E-state index is 12.2. The van der Waals surface area contributed by atoms with Crippen molar-refractivity contribution in [3.8, 4) is 0 Å². The first kappa shape index (κ1) is 13.2. The number of hydrogen-bond acceptors (Lipinski definition) is 2. The standard InChI is InChI=1S/C16H20N2O2/c17-15(19)13-4-1-3-12(9-13)14-5-2-8-18(10-14)16(20)11-6-7-11/h1,3-4,9,11,14H,2,5-8,10H2,(H2,17,19)/t14-/m1/s1. The van der Waals surface area contributed by atoms with Crippen molar-refractivity contribution in [3.05, 3.63) is 35.4 Å². The molecule has 1 heterocycles. The Labute approximate surface area is 118 Å². The quantitative estimate of drug-likeness (QED) is 0.913. The normalized spacial score (nSPS) is 22.6. The number of carbonyl (C=O) groups is 2. The molecule has 1 saturated heterocycles. The third-order valence-corrected chi connectivity index (χ3v) is 4.30. The van der Waals surface area contributed by atoms with E-state index in [9.17, 15) is 9.59 Å². The van der Waals surface area contributed by atoms with Crippen molar-refractivity contribution in [2.24, 2.45) is 11.7 Å². The fraction of sp³-hybridized carbons (Fsp3) is 0.500. The average Bonchev–Trinajstić information content (AvgIpc) is 3.31. The number of likely N-dealkylation sites (tertiary alicyclic amines) is 1. The van der Waals surface area contributed by atoms with Crippen molar-refractivity contribution in [2.45, 2.75) is 31.6 Å². The molecule has 4 nitrogen and oxygen atoms in total. The number of benzene rings is 1. The van der Waals surface area contributed by atoms with Crippen LogP contribution in [-0.2, 0) is 4.79 Å². The Kier molecular flexibility index (Phi) is 3.47. The largest absolute Gasteiger partial charge is 0.366 e. The molecule has 20 heavy (non-hydrogen) atoms. The number of carbonyl (C=O) groups excluding carboxylic acids is 2. The molecule has 2 fully saturated rings. The molecule has 2 aliphatic rings. The molecule has 3 rings (SSSR count). The van der Waals surface area contributed by atoms with Gasteiger partial charge in [0, 0.05) is 30.5 Å². The monoisotopic (exact) mass is 272 g/mol. The Bertz CT molecular complexity index is 537. The van der Waals surface area contributed by atoms with Crippen molar-refractivity contribution >= 4 is 11.8 Å². The third kappa shape index (κ3) is 2.69. The van der Waals surface area contributed by atoms with Crippen molar-refractivity contribution in [1.82, 2.24) is 4.90 Å². The summed E-state index contributed by atoms with van der Waals surface area (Å²) in [5, 5.41) is 0. The summed E-state index contributed by atoms with van der Waals surface area (Å²) in [5.41, 5.74) is 7.00. The van der Waals surface area contributed by atoms with Gasteiger partial charge in [-0.3, -0.25) is 9.59 Å². The summed E-state index contributed by atoms with van der Waals surface area (Å²) in [4.78, 5) is 25.4. The molecule has 1 aromatic carbocycles. The van der Waals surface area contributed by atoms with E-state index in [0.717, 1.165) is 44.3 Å². The highest BCUT2D eigenvalue weighted by molar-refractivity contribution is 5.92. The van der Waals surface area contributed by atoms with Crippen molar-refractivity contribution in [1.29, 1.82) is 0 Å². The van der Waals surface area contributed by atoms with Crippen LogP contribution < -0.4 is 5.73 Å². The van der Waals surface area contributed by atoms with Gasteiger partial charge in [-0.1, -0.05) is 12.1 Å². The molecule has 106 valence electrons. The molecule has 1 aliphatic heterocycles. The topological polar surface area (TPSA) is 63.4 Å². The minimum Gasteiger partial charge on any atom is -0.366 e. The lowest BCUT2D eigenvalue weighted by molar-refractivity contribution is -0.133. The first-order chi connectivity index (χ1) is 9.65. The van der Waals surface area contributed by atoms with E-state index in [1.807, 2.05) is 23.1 Å². The molecular formula is C16H20N2O2. The zero-order valence-corrected chi connectivity index (χ0v) is 11.5. The van der Waals surface area contributed by atoms with Gasteiger partial charge in [-0.25, -0.2) is 0 Å². The smallest absolute Gasteiger partial charge is 0.248 e. The van der Waals surface area contributed by atoms with E-state index in [4.69, 9.17) is 5.73 Å². The highest BCUT2D eigenvalue weighted by Gasteiger charge is 2.35. The van der Waals surface area contributed by atoms with Crippen LogP contribution in [0.2, 0.25) is 0 Å². The fourth-order valence-corrected chi connectivity index (χ4v) is 2.98. The van der Waals surface area contributed by atoms with Gasteiger partial charge in [-0.15, -0.1) is 0 Å². The zero-order valence-electron chi connectivity index (χ0n) is 11.5. The second-order valence-corrected chi connectivity index (χ2v) is 5.89. The van der Waals surface area contributed by atoms with Gasteiger partial charge in [-0.2, -0.15) is 0 Å². The number of piperidine rings is 1. The summed E-state index contributed by atoms with van der Waals surface area (Å²) in [5.74, 6) is 0.533. The first-order valence-electron chi connectivity index (χ1n) is 7.33. The Morgan fingerprint density at radius 2 is 2.00 bits per heavy atom. The lowest BCUT2D eigenvalue weighted by Crippen LogP contribution is -2.40. The summed E-state index contributed by atoms with van der Waals surface area (Å²) in [7, 11) is 0. The lowest BCUT2D eigenvalue weighted by atomic mass is 9.89. The van der Waals surface area contributed by atoms with Crippen molar-refractivity contribution < 1.29 is 9.59 Å². The molecule has 0 spiro atoms. The van der Waals surface area contributed by atoms with Gasteiger partial charge in [0.2, 0.25) is 11.8 Å². The predicted octanol–water partition coefficient (Wildman–Crippen LogP) is 1.90. The van der Waals surface area contributed by atoms with Crippen LogP contribution in [0.4, 0.5) is 0 Å². The third-order valence-electron chi connectivity index (χ3n) is 4.30. The second kappa shape index (κ2) is 5.27. The van der Waals surface area contributed by atoms with Gasteiger partial charge in [0.15, 0.2) is 0 Å². The van der Waals surface area contributed by atoms with Crippen molar-refractivity contribution in [2.75, 3.05) is 13.1 Å². The van der Waals surface area contributed by atoms with E-state index in [1.165, 1.54) is 0 Å². The Hall–Kier alpha value is -1.84. The molecule has 2 N–H and O–H groups in total. The van der Waals surface area contributed by atoms with Gasteiger partial charge in [-0.05, 0) is 43.4 Å². The Balaban J connectivity index is 1.74. The molecule has 4 heteroatoms. The summed E-state index contributed by atoms with van der Waals surface area (Å²) in [6, 6.07) is 7.51. The number of rotatable bonds is 3. The zero-order chi connectivity index (χ0) is 14.1.